The Labute approximate surface area is 104 Å². The molecule has 0 spiro atoms. The fourth-order valence-corrected chi connectivity index (χ4v) is 2.16. The molecular formula is C12H13ClFN3. The Hall–Kier alpha value is -1.39. The highest BCUT2D eigenvalue weighted by atomic mass is 35.5. The molecule has 0 radical (unpaired) electrons. The highest BCUT2D eigenvalue weighted by Crippen LogP contribution is 2.23. The van der Waals surface area contributed by atoms with E-state index in [0.717, 1.165) is 11.3 Å². The highest BCUT2D eigenvalue weighted by molar-refractivity contribution is 6.31. The molecule has 2 aromatic rings. The maximum atomic E-state index is 13.0. The van der Waals surface area contributed by atoms with Gasteiger partial charge in [-0.15, -0.1) is 0 Å². The van der Waals surface area contributed by atoms with Crippen LogP contribution in [0.2, 0.25) is 5.02 Å². The number of hydrogen-bond acceptors (Lipinski definition) is 2. The van der Waals surface area contributed by atoms with E-state index in [4.69, 9.17) is 17.3 Å². The lowest BCUT2D eigenvalue weighted by molar-refractivity contribution is 0.605. The summed E-state index contributed by atoms with van der Waals surface area (Å²) in [6.07, 6.45) is 2.08. The Kier molecular flexibility index (Phi) is 3.45. The number of aryl methyl sites for hydroxylation is 1. The van der Waals surface area contributed by atoms with Gasteiger partial charge in [-0.25, -0.2) is 4.39 Å². The third-order valence-electron chi connectivity index (χ3n) is 2.63. The van der Waals surface area contributed by atoms with Gasteiger partial charge < -0.3 is 5.73 Å². The van der Waals surface area contributed by atoms with Crippen molar-refractivity contribution in [3.8, 4) is 0 Å². The van der Waals surface area contributed by atoms with E-state index in [9.17, 15) is 4.39 Å². The second kappa shape index (κ2) is 4.85. The second-order valence-electron chi connectivity index (χ2n) is 3.94. The minimum Gasteiger partial charge on any atom is -0.322 e. The summed E-state index contributed by atoms with van der Waals surface area (Å²) in [5.41, 5.74) is 7.66. The summed E-state index contributed by atoms with van der Waals surface area (Å²) in [6.45, 7) is 0. The van der Waals surface area contributed by atoms with Crippen LogP contribution in [0.4, 0.5) is 4.39 Å². The van der Waals surface area contributed by atoms with Gasteiger partial charge >= 0.3 is 0 Å². The van der Waals surface area contributed by atoms with Gasteiger partial charge in [0.15, 0.2) is 0 Å². The lowest BCUT2D eigenvalue weighted by atomic mass is 10.0. The van der Waals surface area contributed by atoms with E-state index < -0.39 is 0 Å². The number of hydrogen-bond donors (Lipinski definition) is 1. The van der Waals surface area contributed by atoms with Crippen LogP contribution in [0, 0.1) is 5.82 Å². The smallest absolute Gasteiger partial charge is 0.123 e. The van der Waals surface area contributed by atoms with Crippen molar-refractivity contribution in [2.24, 2.45) is 12.8 Å². The molecule has 0 fully saturated rings. The minimum atomic E-state index is -0.295. The van der Waals surface area contributed by atoms with Crippen LogP contribution in [0.15, 0.2) is 30.5 Å². The molecule has 1 unspecified atom stereocenters. The Morgan fingerprint density at radius 2 is 2.29 bits per heavy atom. The molecular weight excluding hydrogens is 241 g/mol. The van der Waals surface area contributed by atoms with E-state index in [1.54, 1.807) is 24.0 Å². The van der Waals surface area contributed by atoms with Gasteiger partial charge in [-0.2, -0.15) is 5.10 Å². The third kappa shape index (κ3) is 2.65. The predicted octanol–water partition coefficient (Wildman–Crippen LogP) is 2.46. The predicted molar refractivity (Wildman–Crippen MR) is 65.3 cm³/mol. The van der Waals surface area contributed by atoms with Crippen molar-refractivity contribution in [3.05, 3.63) is 52.6 Å². The van der Waals surface area contributed by atoms with Crippen molar-refractivity contribution < 1.29 is 4.39 Å². The van der Waals surface area contributed by atoms with E-state index in [-0.39, 0.29) is 11.9 Å². The van der Waals surface area contributed by atoms with Gasteiger partial charge in [-0.05, 0) is 24.1 Å². The van der Waals surface area contributed by atoms with E-state index in [0.29, 0.717) is 11.4 Å². The SMILES string of the molecule is Cn1ncc(Cl)c1C(N)Cc1cccc(F)c1. The standard InChI is InChI=1S/C12H13ClFN3/c1-17-12(10(13)7-16-17)11(15)6-8-3-2-4-9(14)5-8/h2-5,7,11H,6,15H2,1H3. The first kappa shape index (κ1) is 12.1. The monoisotopic (exact) mass is 253 g/mol. The van der Waals surface area contributed by atoms with Gasteiger partial charge in [0, 0.05) is 7.05 Å². The second-order valence-corrected chi connectivity index (χ2v) is 4.35. The Bertz CT molecular complexity index is 505. The first-order valence-electron chi connectivity index (χ1n) is 5.25. The zero-order valence-electron chi connectivity index (χ0n) is 9.40. The van der Waals surface area contributed by atoms with Gasteiger partial charge in [0.25, 0.3) is 0 Å². The number of benzene rings is 1. The Balaban J connectivity index is 2.20. The van der Waals surface area contributed by atoms with Crippen molar-refractivity contribution >= 4 is 11.6 Å². The van der Waals surface area contributed by atoms with Crippen molar-refractivity contribution in [1.82, 2.24) is 9.78 Å². The van der Waals surface area contributed by atoms with Crippen LogP contribution < -0.4 is 5.73 Å². The zero-order valence-corrected chi connectivity index (χ0v) is 10.2. The van der Waals surface area contributed by atoms with Crippen LogP contribution in [0.5, 0.6) is 0 Å². The molecule has 1 atom stereocenters. The summed E-state index contributed by atoms with van der Waals surface area (Å²) in [5, 5.41) is 4.57. The fraction of sp³-hybridized carbons (Fsp3) is 0.250. The van der Waals surface area contributed by atoms with Gasteiger partial charge in [-0.1, -0.05) is 23.7 Å². The van der Waals surface area contributed by atoms with Crippen molar-refractivity contribution in [2.45, 2.75) is 12.5 Å². The largest absolute Gasteiger partial charge is 0.322 e. The number of nitrogens with two attached hydrogens (primary N) is 1. The van der Waals surface area contributed by atoms with E-state index >= 15 is 0 Å². The van der Waals surface area contributed by atoms with Crippen molar-refractivity contribution in [3.63, 3.8) is 0 Å². The first-order chi connectivity index (χ1) is 8.08. The average molecular weight is 254 g/mol. The number of halogens is 2. The summed E-state index contributed by atoms with van der Waals surface area (Å²) >= 11 is 6.00. The fourth-order valence-electron chi connectivity index (χ4n) is 1.85. The van der Waals surface area contributed by atoms with Gasteiger partial charge in [-0.3, -0.25) is 4.68 Å². The quantitative estimate of drug-likeness (QED) is 0.913. The van der Waals surface area contributed by atoms with Crippen LogP contribution in [0.25, 0.3) is 0 Å². The van der Waals surface area contributed by atoms with Crippen LogP contribution in [-0.4, -0.2) is 9.78 Å². The molecule has 1 aromatic heterocycles. The minimum absolute atomic E-state index is 0.259. The average Bonchev–Trinajstić information content (AvgIpc) is 2.58. The summed E-state index contributed by atoms with van der Waals surface area (Å²) in [4.78, 5) is 0. The Morgan fingerprint density at radius 1 is 1.53 bits per heavy atom. The topological polar surface area (TPSA) is 43.8 Å². The molecule has 3 nitrogen and oxygen atoms in total. The zero-order chi connectivity index (χ0) is 12.4. The molecule has 1 heterocycles. The third-order valence-corrected chi connectivity index (χ3v) is 2.92. The van der Waals surface area contributed by atoms with Gasteiger partial charge in [0.1, 0.15) is 5.82 Å². The number of rotatable bonds is 3. The van der Waals surface area contributed by atoms with Crippen LogP contribution in [0.1, 0.15) is 17.3 Å². The van der Waals surface area contributed by atoms with Crippen LogP contribution >= 0.6 is 11.6 Å². The molecule has 2 rings (SSSR count). The lowest BCUT2D eigenvalue weighted by Crippen LogP contribution is -2.17. The molecule has 0 aliphatic carbocycles. The summed E-state index contributed by atoms with van der Waals surface area (Å²) < 4.78 is 14.7. The van der Waals surface area contributed by atoms with Gasteiger partial charge in [0.2, 0.25) is 0 Å². The van der Waals surface area contributed by atoms with Crippen LogP contribution in [-0.2, 0) is 13.5 Å². The molecule has 2 N–H and O–H groups in total. The van der Waals surface area contributed by atoms with Crippen molar-refractivity contribution in [2.75, 3.05) is 0 Å². The number of nitrogens with zero attached hydrogens (tertiary/aromatic N) is 2. The van der Waals surface area contributed by atoms with E-state index in [1.807, 2.05) is 6.07 Å². The normalized spacial score (nSPS) is 12.7. The Morgan fingerprint density at radius 3 is 2.88 bits per heavy atom. The molecule has 0 saturated heterocycles. The molecule has 90 valence electrons. The molecule has 0 amide bonds. The molecule has 0 bridgehead atoms. The summed E-state index contributed by atoms with van der Waals surface area (Å²) in [5.74, 6) is -0.259. The first-order valence-corrected chi connectivity index (χ1v) is 5.63. The maximum absolute atomic E-state index is 13.0. The summed E-state index contributed by atoms with van der Waals surface area (Å²) in [7, 11) is 1.78. The molecule has 0 saturated carbocycles. The molecule has 0 aliphatic heterocycles. The lowest BCUT2D eigenvalue weighted by Gasteiger charge is -2.13. The molecule has 1 aromatic carbocycles. The van der Waals surface area contributed by atoms with E-state index in [2.05, 4.69) is 5.10 Å². The molecule has 5 heteroatoms. The molecule has 17 heavy (non-hydrogen) atoms. The highest BCUT2D eigenvalue weighted by Gasteiger charge is 2.15. The summed E-state index contributed by atoms with van der Waals surface area (Å²) in [6, 6.07) is 6.10. The molecule has 0 aliphatic rings. The van der Waals surface area contributed by atoms with E-state index in [1.165, 1.54) is 12.1 Å². The van der Waals surface area contributed by atoms with Gasteiger partial charge in [0.05, 0.1) is 23.0 Å². The van der Waals surface area contributed by atoms with Crippen LogP contribution in [0.3, 0.4) is 0 Å². The maximum Gasteiger partial charge on any atom is 0.123 e. The van der Waals surface area contributed by atoms with Crippen molar-refractivity contribution in [1.29, 1.82) is 0 Å². The number of aromatic nitrogens is 2.